The maximum Gasteiger partial charge on any atom is 0.255 e. The molecule has 0 aromatic heterocycles. The van der Waals surface area contributed by atoms with Gasteiger partial charge < -0.3 is 5.32 Å². The average Bonchev–Trinajstić information content (AvgIpc) is 2.63. The molecule has 1 saturated heterocycles. The highest BCUT2D eigenvalue weighted by Crippen LogP contribution is 2.29. The molecule has 7 heteroatoms. The van der Waals surface area contributed by atoms with Crippen molar-refractivity contribution < 1.29 is 13.2 Å². The molecule has 1 unspecified atom stereocenters. The van der Waals surface area contributed by atoms with E-state index in [1.54, 1.807) is 12.1 Å². The Morgan fingerprint density at radius 3 is 2.56 bits per heavy atom. The maximum absolute atomic E-state index is 13.0. The van der Waals surface area contributed by atoms with E-state index in [0.29, 0.717) is 24.7 Å². The Hall–Kier alpha value is -1.89. The predicted molar refractivity (Wildman–Crippen MR) is 108 cm³/mol. The van der Waals surface area contributed by atoms with Crippen LogP contribution in [0.25, 0.3) is 0 Å². The molecule has 3 rings (SSSR count). The quantitative estimate of drug-likeness (QED) is 0.822. The SMILES string of the molecule is Cc1ccc(NC(=O)c2ccc(Cl)c(S(=O)(=O)N3CCCC(C)C3)c2)cc1. The van der Waals surface area contributed by atoms with Crippen molar-refractivity contribution in [2.24, 2.45) is 5.92 Å². The highest BCUT2D eigenvalue weighted by molar-refractivity contribution is 7.89. The van der Waals surface area contributed by atoms with Crippen LogP contribution < -0.4 is 5.32 Å². The molecule has 1 heterocycles. The lowest BCUT2D eigenvalue weighted by atomic mass is 10.0. The van der Waals surface area contributed by atoms with E-state index in [2.05, 4.69) is 5.32 Å². The van der Waals surface area contributed by atoms with E-state index in [-0.39, 0.29) is 21.4 Å². The second kappa shape index (κ2) is 8.00. The van der Waals surface area contributed by atoms with Gasteiger partial charge in [-0.1, -0.05) is 36.2 Å². The van der Waals surface area contributed by atoms with Crippen molar-refractivity contribution in [1.29, 1.82) is 0 Å². The van der Waals surface area contributed by atoms with Gasteiger partial charge in [-0.25, -0.2) is 8.42 Å². The fourth-order valence-corrected chi connectivity index (χ4v) is 5.28. The molecule has 0 radical (unpaired) electrons. The van der Waals surface area contributed by atoms with Crippen molar-refractivity contribution in [3.63, 3.8) is 0 Å². The summed E-state index contributed by atoms with van der Waals surface area (Å²) >= 11 is 6.18. The smallest absolute Gasteiger partial charge is 0.255 e. The monoisotopic (exact) mass is 406 g/mol. The van der Waals surface area contributed by atoms with Crippen LogP contribution in [-0.4, -0.2) is 31.7 Å². The summed E-state index contributed by atoms with van der Waals surface area (Å²) in [6.45, 7) is 4.94. The number of aryl methyl sites for hydroxylation is 1. The number of carbonyl (C=O) groups is 1. The van der Waals surface area contributed by atoms with E-state index >= 15 is 0 Å². The first-order valence-corrected chi connectivity index (χ1v) is 10.8. The van der Waals surface area contributed by atoms with Crippen LogP contribution in [0.5, 0.6) is 0 Å². The minimum Gasteiger partial charge on any atom is -0.322 e. The molecule has 1 fully saturated rings. The fourth-order valence-electron chi connectivity index (χ4n) is 3.19. The van der Waals surface area contributed by atoms with Crippen molar-refractivity contribution in [1.82, 2.24) is 4.31 Å². The Morgan fingerprint density at radius 2 is 1.89 bits per heavy atom. The zero-order chi connectivity index (χ0) is 19.6. The normalized spacial score (nSPS) is 18.3. The molecular weight excluding hydrogens is 384 g/mol. The van der Waals surface area contributed by atoms with Crippen molar-refractivity contribution >= 4 is 33.2 Å². The first-order chi connectivity index (χ1) is 12.8. The third-order valence-electron chi connectivity index (χ3n) is 4.74. The van der Waals surface area contributed by atoms with Gasteiger partial charge in [0.25, 0.3) is 5.91 Å². The molecule has 0 spiro atoms. The van der Waals surface area contributed by atoms with Crippen molar-refractivity contribution in [3.05, 3.63) is 58.6 Å². The fraction of sp³-hybridized carbons (Fsp3) is 0.350. The van der Waals surface area contributed by atoms with E-state index in [1.807, 2.05) is 26.0 Å². The Labute approximate surface area is 165 Å². The molecular formula is C20H23ClN2O3S. The van der Waals surface area contributed by atoms with E-state index in [4.69, 9.17) is 11.6 Å². The molecule has 5 nitrogen and oxygen atoms in total. The number of sulfonamides is 1. The van der Waals surface area contributed by atoms with Crippen LogP contribution in [0.1, 0.15) is 35.7 Å². The summed E-state index contributed by atoms with van der Waals surface area (Å²) in [6.07, 6.45) is 1.84. The number of nitrogens with one attached hydrogen (secondary N) is 1. The number of nitrogens with zero attached hydrogens (tertiary/aromatic N) is 1. The summed E-state index contributed by atoms with van der Waals surface area (Å²) in [6, 6.07) is 11.7. The number of hydrogen-bond donors (Lipinski definition) is 1. The Balaban J connectivity index is 1.87. The summed E-state index contributed by atoms with van der Waals surface area (Å²) in [7, 11) is -3.74. The zero-order valence-corrected chi connectivity index (χ0v) is 17.0. The van der Waals surface area contributed by atoms with Gasteiger partial charge in [-0.05, 0) is 56.0 Å². The molecule has 0 saturated carbocycles. The van der Waals surface area contributed by atoms with Crippen LogP contribution in [0.4, 0.5) is 5.69 Å². The minimum atomic E-state index is -3.74. The van der Waals surface area contributed by atoms with E-state index in [1.165, 1.54) is 22.5 Å². The van der Waals surface area contributed by atoms with Gasteiger partial charge in [0.15, 0.2) is 0 Å². The third kappa shape index (κ3) is 4.51. The topological polar surface area (TPSA) is 66.5 Å². The van der Waals surface area contributed by atoms with Gasteiger partial charge in [0.1, 0.15) is 4.90 Å². The summed E-state index contributed by atoms with van der Waals surface area (Å²) in [5, 5.41) is 2.90. The highest BCUT2D eigenvalue weighted by Gasteiger charge is 2.30. The van der Waals surface area contributed by atoms with Gasteiger partial charge in [-0.15, -0.1) is 0 Å². The van der Waals surface area contributed by atoms with Gasteiger partial charge in [-0.2, -0.15) is 4.31 Å². The Morgan fingerprint density at radius 1 is 1.19 bits per heavy atom. The van der Waals surface area contributed by atoms with E-state index < -0.39 is 10.0 Å². The lowest BCUT2D eigenvalue weighted by Crippen LogP contribution is -2.39. The number of piperidine rings is 1. The first-order valence-electron chi connectivity index (χ1n) is 8.95. The van der Waals surface area contributed by atoms with Crippen LogP contribution in [0.3, 0.4) is 0 Å². The molecule has 0 aliphatic carbocycles. The van der Waals surface area contributed by atoms with Gasteiger partial charge >= 0.3 is 0 Å². The van der Waals surface area contributed by atoms with Crippen molar-refractivity contribution in [2.45, 2.75) is 31.6 Å². The van der Waals surface area contributed by atoms with Crippen molar-refractivity contribution in [3.8, 4) is 0 Å². The number of rotatable bonds is 4. The summed E-state index contributed by atoms with van der Waals surface area (Å²) in [4.78, 5) is 12.5. The standard InChI is InChI=1S/C20H23ClN2O3S/c1-14-5-8-17(9-6-14)22-20(24)16-7-10-18(21)19(12-16)27(25,26)23-11-3-4-15(2)13-23/h5-10,12,15H,3-4,11,13H2,1-2H3,(H,22,24). The minimum absolute atomic E-state index is 0.0187. The second-order valence-electron chi connectivity index (χ2n) is 7.08. The van der Waals surface area contributed by atoms with E-state index in [0.717, 1.165) is 18.4 Å². The van der Waals surface area contributed by atoms with Crippen LogP contribution in [0.2, 0.25) is 5.02 Å². The number of anilines is 1. The molecule has 1 aliphatic rings. The Bertz CT molecular complexity index is 942. The molecule has 1 amide bonds. The van der Waals surface area contributed by atoms with Gasteiger partial charge in [-0.3, -0.25) is 4.79 Å². The lowest BCUT2D eigenvalue weighted by molar-refractivity contribution is 0.102. The molecule has 27 heavy (non-hydrogen) atoms. The van der Waals surface area contributed by atoms with E-state index in [9.17, 15) is 13.2 Å². The molecule has 1 N–H and O–H groups in total. The van der Waals surface area contributed by atoms with Gasteiger partial charge in [0.05, 0.1) is 5.02 Å². The molecule has 0 bridgehead atoms. The zero-order valence-electron chi connectivity index (χ0n) is 15.4. The predicted octanol–water partition coefficient (Wildman–Crippen LogP) is 4.32. The van der Waals surface area contributed by atoms with Crippen LogP contribution in [0, 0.1) is 12.8 Å². The summed E-state index contributed by atoms with van der Waals surface area (Å²) in [5.74, 6) is -0.0701. The largest absolute Gasteiger partial charge is 0.322 e. The first kappa shape index (κ1) is 19.9. The Kier molecular flexibility index (Phi) is 5.89. The van der Waals surface area contributed by atoms with Gasteiger partial charge in [0.2, 0.25) is 10.0 Å². The van der Waals surface area contributed by atoms with Crippen LogP contribution in [-0.2, 0) is 10.0 Å². The number of halogens is 1. The summed E-state index contributed by atoms with van der Waals surface area (Å²) < 4.78 is 27.5. The number of carbonyl (C=O) groups excluding carboxylic acids is 1. The second-order valence-corrected chi connectivity index (χ2v) is 9.39. The molecule has 2 aromatic rings. The van der Waals surface area contributed by atoms with Crippen LogP contribution in [0.15, 0.2) is 47.4 Å². The molecule has 144 valence electrons. The number of benzene rings is 2. The highest BCUT2D eigenvalue weighted by atomic mass is 35.5. The van der Waals surface area contributed by atoms with Gasteiger partial charge in [0, 0.05) is 24.3 Å². The van der Waals surface area contributed by atoms with Crippen molar-refractivity contribution in [2.75, 3.05) is 18.4 Å². The third-order valence-corrected chi connectivity index (χ3v) is 7.09. The molecule has 2 aromatic carbocycles. The van der Waals surface area contributed by atoms with Crippen LogP contribution >= 0.6 is 11.6 Å². The maximum atomic E-state index is 13.0. The summed E-state index contributed by atoms with van der Waals surface area (Å²) in [5.41, 5.74) is 1.99. The number of amides is 1. The molecule has 1 aliphatic heterocycles. The molecule has 1 atom stereocenters. The lowest BCUT2D eigenvalue weighted by Gasteiger charge is -2.30. The average molecular weight is 407 g/mol. The number of hydrogen-bond acceptors (Lipinski definition) is 3.